The van der Waals surface area contributed by atoms with Gasteiger partial charge in [-0.25, -0.2) is 4.98 Å². The molecule has 1 N–H and O–H groups in total. The van der Waals surface area contributed by atoms with E-state index < -0.39 is 0 Å². The lowest BCUT2D eigenvalue weighted by atomic mass is 10.3. The number of hydrogen-bond donors (Lipinski definition) is 1. The number of aromatic amines is 1. The SMILES string of the molecule is Cl.ClCc1nc2ccc(Br)cc2[nH]1. The van der Waals surface area contributed by atoms with Crippen molar-refractivity contribution >= 4 is 51.0 Å². The summed E-state index contributed by atoms with van der Waals surface area (Å²) in [5.41, 5.74) is 1.97. The molecule has 1 aromatic heterocycles. The van der Waals surface area contributed by atoms with Crippen LogP contribution in [0.2, 0.25) is 0 Å². The Labute approximate surface area is 95.2 Å². The van der Waals surface area contributed by atoms with Crippen molar-refractivity contribution in [3.63, 3.8) is 0 Å². The van der Waals surface area contributed by atoms with Gasteiger partial charge in [-0.2, -0.15) is 0 Å². The molecule has 5 heteroatoms. The molecule has 2 aromatic rings. The maximum atomic E-state index is 5.63. The molecule has 0 saturated heterocycles. The summed E-state index contributed by atoms with van der Waals surface area (Å²) in [5.74, 6) is 1.23. The van der Waals surface area contributed by atoms with Crippen molar-refractivity contribution in [2.75, 3.05) is 0 Å². The fourth-order valence-electron chi connectivity index (χ4n) is 1.10. The number of rotatable bonds is 1. The van der Waals surface area contributed by atoms with Crippen LogP contribution in [0, 0.1) is 0 Å². The number of hydrogen-bond acceptors (Lipinski definition) is 1. The van der Waals surface area contributed by atoms with Gasteiger partial charge in [-0.3, -0.25) is 0 Å². The first-order valence-electron chi connectivity index (χ1n) is 3.50. The second kappa shape index (κ2) is 4.31. The lowest BCUT2D eigenvalue weighted by Crippen LogP contribution is -1.76. The third-order valence-corrected chi connectivity index (χ3v) is 2.37. The molecule has 0 aliphatic rings. The molecule has 0 spiro atoms. The number of nitrogens with zero attached hydrogens (tertiary/aromatic N) is 1. The van der Waals surface area contributed by atoms with Gasteiger partial charge in [0.25, 0.3) is 0 Å². The molecule has 2 rings (SSSR count). The van der Waals surface area contributed by atoms with E-state index in [0.717, 1.165) is 21.3 Å². The van der Waals surface area contributed by atoms with Crippen LogP contribution in [0.4, 0.5) is 0 Å². The van der Waals surface area contributed by atoms with Crippen LogP contribution < -0.4 is 0 Å². The number of H-pyrrole nitrogens is 1. The Morgan fingerprint density at radius 3 is 2.92 bits per heavy atom. The summed E-state index contributed by atoms with van der Waals surface area (Å²) in [4.78, 5) is 7.38. The summed E-state index contributed by atoms with van der Waals surface area (Å²) in [5, 5.41) is 0. The quantitative estimate of drug-likeness (QED) is 0.797. The first kappa shape index (κ1) is 10.8. The van der Waals surface area contributed by atoms with Gasteiger partial charge in [-0.15, -0.1) is 24.0 Å². The molecule has 0 atom stereocenters. The van der Waals surface area contributed by atoms with E-state index in [2.05, 4.69) is 25.9 Å². The van der Waals surface area contributed by atoms with E-state index >= 15 is 0 Å². The number of fused-ring (bicyclic) bond motifs is 1. The van der Waals surface area contributed by atoms with Crippen molar-refractivity contribution in [2.45, 2.75) is 5.88 Å². The first-order chi connectivity index (χ1) is 5.79. The molecular formula is C8H7BrCl2N2. The van der Waals surface area contributed by atoms with Crippen molar-refractivity contribution in [3.05, 3.63) is 28.5 Å². The lowest BCUT2D eigenvalue weighted by Gasteiger charge is -1.87. The Balaban J connectivity index is 0.000000845. The van der Waals surface area contributed by atoms with Gasteiger partial charge < -0.3 is 4.98 Å². The summed E-state index contributed by atoms with van der Waals surface area (Å²) >= 11 is 9.02. The van der Waals surface area contributed by atoms with Gasteiger partial charge in [0.05, 0.1) is 16.9 Å². The fraction of sp³-hybridized carbons (Fsp3) is 0.125. The molecule has 0 bridgehead atoms. The second-order valence-corrected chi connectivity index (χ2v) is 3.66. The molecule has 0 fully saturated rings. The van der Waals surface area contributed by atoms with Crippen LogP contribution >= 0.6 is 39.9 Å². The van der Waals surface area contributed by atoms with Crippen LogP contribution in [-0.2, 0) is 5.88 Å². The zero-order chi connectivity index (χ0) is 8.55. The Bertz CT molecular complexity index is 413. The predicted molar refractivity (Wildman–Crippen MR) is 60.6 cm³/mol. The first-order valence-corrected chi connectivity index (χ1v) is 4.82. The summed E-state index contributed by atoms with van der Waals surface area (Å²) in [7, 11) is 0. The number of aromatic nitrogens is 2. The summed E-state index contributed by atoms with van der Waals surface area (Å²) in [6.07, 6.45) is 0. The van der Waals surface area contributed by atoms with E-state index in [0.29, 0.717) is 5.88 Å². The summed E-state index contributed by atoms with van der Waals surface area (Å²) < 4.78 is 1.04. The molecular weight excluding hydrogens is 275 g/mol. The summed E-state index contributed by atoms with van der Waals surface area (Å²) in [6.45, 7) is 0. The molecule has 0 unspecified atom stereocenters. The van der Waals surface area contributed by atoms with Gasteiger partial charge in [0, 0.05) is 4.47 Å². The molecule has 13 heavy (non-hydrogen) atoms. The van der Waals surface area contributed by atoms with Gasteiger partial charge in [0.15, 0.2) is 0 Å². The van der Waals surface area contributed by atoms with Crippen molar-refractivity contribution in [1.82, 2.24) is 9.97 Å². The fourth-order valence-corrected chi connectivity index (χ4v) is 1.59. The monoisotopic (exact) mass is 280 g/mol. The van der Waals surface area contributed by atoms with E-state index in [1.54, 1.807) is 0 Å². The van der Waals surface area contributed by atoms with Gasteiger partial charge in [-0.1, -0.05) is 15.9 Å². The highest BCUT2D eigenvalue weighted by molar-refractivity contribution is 9.10. The van der Waals surface area contributed by atoms with Crippen LogP contribution in [-0.4, -0.2) is 9.97 Å². The van der Waals surface area contributed by atoms with Crippen LogP contribution in [0.25, 0.3) is 11.0 Å². The Hall–Kier alpha value is -0.250. The summed E-state index contributed by atoms with van der Waals surface area (Å²) in [6, 6.07) is 5.89. The Morgan fingerprint density at radius 2 is 2.23 bits per heavy atom. The van der Waals surface area contributed by atoms with Gasteiger partial charge >= 0.3 is 0 Å². The molecule has 0 aliphatic carbocycles. The highest BCUT2D eigenvalue weighted by Gasteiger charge is 2.00. The number of benzene rings is 1. The van der Waals surface area contributed by atoms with Crippen LogP contribution in [0.3, 0.4) is 0 Å². The number of imidazole rings is 1. The maximum absolute atomic E-state index is 5.63. The predicted octanol–water partition coefficient (Wildman–Crippen LogP) is 3.49. The number of halogens is 3. The van der Waals surface area contributed by atoms with Crippen molar-refractivity contribution in [3.8, 4) is 0 Å². The Kier molecular flexibility index (Phi) is 3.59. The van der Waals surface area contributed by atoms with Crippen LogP contribution in [0.5, 0.6) is 0 Å². The van der Waals surface area contributed by atoms with Crippen molar-refractivity contribution in [2.24, 2.45) is 0 Å². The molecule has 0 saturated carbocycles. The molecule has 1 heterocycles. The average Bonchev–Trinajstić information content (AvgIpc) is 2.46. The average molecular weight is 282 g/mol. The molecule has 0 amide bonds. The van der Waals surface area contributed by atoms with Crippen molar-refractivity contribution < 1.29 is 0 Å². The third kappa shape index (κ3) is 2.16. The van der Waals surface area contributed by atoms with E-state index in [1.165, 1.54) is 0 Å². The van der Waals surface area contributed by atoms with E-state index in [-0.39, 0.29) is 12.4 Å². The van der Waals surface area contributed by atoms with E-state index in [4.69, 9.17) is 11.6 Å². The highest BCUT2D eigenvalue weighted by atomic mass is 79.9. The normalized spacial score (nSPS) is 10.0. The Morgan fingerprint density at radius 1 is 1.46 bits per heavy atom. The molecule has 2 nitrogen and oxygen atoms in total. The van der Waals surface area contributed by atoms with Crippen molar-refractivity contribution in [1.29, 1.82) is 0 Å². The lowest BCUT2D eigenvalue weighted by molar-refractivity contribution is 1.13. The smallest absolute Gasteiger partial charge is 0.122 e. The maximum Gasteiger partial charge on any atom is 0.122 e. The molecule has 0 radical (unpaired) electrons. The molecule has 0 aliphatic heterocycles. The van der Waals surface area contributed by atoms with Gasteiger partial charge in [0.2, 0.25) is 0 Å². The van der Waals surface area contributed by atoms with Gasteiger partial charge in [-0.05, 0) is 18.2 Å². The highest BCUT2D eigenvalue weighted by Crippen LogP contribution is 2.17. The minimum atomic E-state index is 0. The zero-order valence-electron chi connectivity index (χ0n) is 6.55. The second-order valence-electron chi connectivity index (χ2n) is 2.48. The number of alkyl halides is 1. The van der Waals surface area contributed by atoms with Crippen LogP contribution in [0.1, 0.15) is 5.82 Å². The standard InChI is InChI=1S/C8H6BrClN2.ClH/c9-5-1-2-6-7(3-5)12-8(4-10)11-6;/h1-3H,4H2,(H,11,12);1H. The van der Waals surface area contributed by atoms with Gasteiger partial charge in [0.1, 0.15) is 5.82 Å². The van der Waals surface area contributed by atoms with E-state index in [1.807, 2.05) is 18.2 Å². The third-order valence-electron chi connectivity index (χ3n) is 1.62. The number of nitrogens with one attached hydrogen (secondary N) is 1. The zero-order valence-corrected chi connectivity index (χ0v) is 9.71. The van der Waals surface area contributed by atoms with Crippen LogP contribution in [0.15, 0.2) is 22.7 Å². The minimum absolute atomic E-state index is 0. The molecule has 70 valence electrons. The topological polar surface area (TPSA) is 28.7 Å². The molecule has 1 aromatic carbocycles. The minimum Gasteiger partial charge on any atom is -0.341 e. The largest absolute Gasteiger partial charge is 0.341 e. The van der Waals surface area contributed by atoms with E-state index in [9.17, 15) is 0 Å².